The molecule has 0 radical (unpaired) electrons. The number of nitrogens with zero attached hydrogens (tertiary/aromatic N) is 2. The van der Waals surface area contributed by atoms with Crippen molar-refractivity contribution in [1.82, 2.24) is 10.2 Å². The first-order valence-corrected chi connectivity index (χ1v) is 9.62. The first kappa shape index (κ1) is 18.8. The Morgan fingerprint density at radius 3 is 2.54 bits per heavy atom. The van der Waals surface area contributed by atoms with E-state index in [4.69, 9.17) is 27.6 Å². The average Bonchev–Trinajstić information content (AvgIpc) is 3.07. The Morgan fingerprint density at radius 1 is 1.08 bits per heavy atom. The molecule has 0 aliphatic carbocycles. The van der Waals surface area contributed by atoms with Crippen molar-refractivity contribution in [2.45, 2.75) is 17.7 Å². The Kier molecular flexibility index (Phi) is 6.55. The molecule has 134 valence electrons. The van der Waals surface area contributed by atoms with E-state index >= 15 is 0 Å². The quantitative estimate of drug-likeness (QED) is 0.410. The lowest BCUT2D eigenvalue weighted by atomic mass is 10.2. The number of carbonyl (C=O) groups is 1. The summed E-state index contributed by atoms with van der Waals surface area (Å²) in [5.41, 5.74) is 0.592. The van der Waals surface area contributed by atoms with Gasteiger partial charge in [0.1, 0.15) is 0 Å². The van der Waals surface area contributed by atoms with Gasteiger partial charge in [-0.15, -0.1) is 16.9 Å². The molecule has 0 unspecified atom stereocenters. The molecule has 0 saturated heterocycles. The molecule has 1 amide bonds. The first-order chi connectivity index (χ1) is 12.6. The van der Waals surface area contributed by atoms with E-state index in [1.165, 1.54) is 4.90 Å². The molecule has 8 heteroatoms. The third-order valence-corrected chi connectivity index (χ3v) is 4.88. The van der Waals surface area contributed by atoms with Crippen LogP contribution in [0.4, 0.5) is 6.01 Å². The third-order valence-electron chi connectivity index (χ3n) is 3.34. The topological polar surface area (TPSA) is 68.0 Å². The van der Waals surface area contributed by atoms with Crippen molar-refractivity contribution < 1.29 is 9.21 Å². The number of thioether (sulfide) groups is 1. The van der Waals surface area contributed by atoms with Gasteiger partial charge in [-0.25, -0.2) is 0 Å². The second kappa shape index (κ2) is 9.07. The maximum Gasteiger partial charge on any atom is 0.322 e. The van der Waals surface area contributed by atoms with Crippen LogP contribution in [0.25, 0.3) is 11.5 Å². The summed E-state index contributed by atoms with van der Waals surface area (Å²) >= 11 is 13.6. The summed E-state index contributed by atoms with van der Waals surface area (Å²) in [5.74, 6) is 0.926. The summed E-state index contributed by atoms with van der Waals surface area (Å²) in [6.45, 7) is 0. The van der Waals surface area contributed by atoms with Gasteiger partial charge in [-0.1, -0.05) is 46.5 Å². The summed E-state index contributed by atoms with van der Waals surface area (Å²) in [4.78, 5) is 13.2. The number of hydrogen-bond donors (Lipinski definition) is 1. The second-order valence-electron chi connectivity index (χ2n) is 5.38. The molecule has 1 N–H and O–H groups in total. The number of hydrogen-bond acceptors (Lipinski definition) is 5. The Balaban J connectivity index is 1.48. The molecule has 5 nitrogen and oxygen atoms in total. The number of halogens is 2. The smallest absolute Gasteiger partial charge is 0.322 e. The molecule has 1 aromatic heterocycles. The monoisotopic (exact) mass is 407 g/mol. The van der Waals surface area contributed by atoms with Gasteiger partial charge in [-0.05, 0) is 42.5 Å². The average molecular weight is 408 g/mol. The van der Waals surface area contributed by atoms with Crippen molar-refractivity contribution in [3.63, 3.8) is 0 Å². The van der Waals surface area contributed by atoms with Crippen LogP contribution in [0.15, 0.2) is 57.8 Å². The number of aromatic nitrogens is 2. The fourth-order valence-electron chi connectivity index (χ4n) is 2.19. The number of carbonyl (C=O) groups excluding carboxylic acids is 1. The fraction of sp³-hybridized carbons (Fsp3) is 0.167. The van der Waals surface area contributed by atoms with Gasteiger partial charge in [0.15, 0.2) is 0 Å². The van der Waals surface area contributed by atoms with Crippen LogP contribution >= 0.6 is 35.0 Å². The molecule has 0 saturated carbocycles. The van der Waals surface area contributed by atoms with Crippen molar-refractivity contribution in [3.05, 3.63) is 58.6 Å². The van der Waals surface area contributed by atoms with Crippen LogP contribution < -0.4 is 5.32 Å². The number of amides is 1. The van der Waals surface area contributed by atoms with Gasteiger partial charge in [-0.3, -0.25) is 10.1 Å². The van der Waals surface area contributed by atoms with Crippen LogP contribution in [0.5, 0.6) is 0 Å². The van der Waals surface area contributed by atoms with Gasteiger partial charge >= 0.3 is 6.01 Å². The molecule has 0 atom stereocenters. The van der Waals surface area contributed by atoms with Crippen LogP contribution in [0.3, 0.4) is 0 Å². The van der Waals surface area contributed by atoms with E-state index < -0.39 is 0 Å². The molecular weight excluding hydrogens is 393 g/mol. The van der Waals surface area contributed by atoms with Gasteiger partial charge in [0.05, 0.1) is 0 Å². The highest BCUT2D eigenvalue weighted by molar-refractivity contribution is 7.99. The van der Waals surface area contributed by atoms with E-state index in [9.17, 15) is 4.79 Å². The highest BCUT2D eigenvalue weighted by Crippen LogP contribution is 2.27. The number of anilines is 1. The third kappa shape index (κ3) is 5.49. The Hall–Kier alpha value is -2.02. The predicted molar refractivity (Wildman–Crippen MR) is 105 cm³/mol. The molecular formula is C18H15Cl2N3O2S. The molecule has 3 rings (SSSR count). The van der Waals surface area contributed by atoms with Crippen molar-refractivity contribution in [2.24, 2.45) is 0 Å². The molecule has 0 spiro atoms. The molecule has 1 heterocycles. The summed E-state index contributed by atoms with van der Waals surface area (Å²) in [6, 6.07) is 15.1. The van der Waals surface area contributed by atoms with Crippen LogP contribution in [-0.4, -0.2) is 21.9 Å². The Labute approximate surface area is 165 Å². The molecule has 0 bridgehead atoms. The fourth-order valence-corrected chi connectivity index (χ4v) is 3.59. The first-order valence-electron chi connectivity index (χ1n) is 7.88. The molecule has 0 fully saturated rings. The zero-order valence-corrected chi connectivity index (χ0v) is 15.9. The SMILES string of the molecule is O=C(CCCSc1ccccc1)Nc1nnc(-c2cc(Cl)cc(Cl)c2)o1. The minimum atomic E-state index is -0.169. The minimum Gasteiger partial charge on any atom is -0.403 e. The Morgan fingerprint density at radius 2 is 1.81 bits per heavy atom. The zero-order chi connectivity index (χ0) is 18.4. The lowest BCUT2D eigenvalue weighted by molar-refractivity contribution is -0.116. The summed E-state index contributed by atoms with van der Waals surface area (Å²) in [6.07, 6.45) is 1.12. The van der Waals surface area contributed by atoms with Crippen LogP contribution in [0.1, 0.15) is 12.8 Å². The van der Waals surface area contributed by atoms with E-state index in [2.05, 4.69) is 15.5 Å². The molecule has 26 heavy (non-hydrogen) atoms. The maximum absolute atomic E-state index is 12.0. The minimum absolute atomic E-state index is 0.0526. The lowest BCUT2D eigenvalue weighted by Gasteiger charge is -2.02. The summed E-state index contributed by atoms with van der Waals surface area (Å²) < 4.78 is 5.45. The van der Waals surface area contributed by atoms with Crippen LogP contribution in [-0.2, 0) is 4.79 Å². The van der Waals surface area contributed by atoms with E-state index in [1.807, 2.05) is 30.3 Å². The molecule has 3 aromatic rings. The van der Waals surface area contributed by atoms with Gasteiger partial charge in [0, 0.05) is 26.9 Å². The highest BCUT2D eigenvalue weighted by atomic mass is 35.5. The van der Waals surface area contributed by atoms with Gasteiger partial charge < -0.3 is 4.42 Å². The standard InChI is InChI=1S/C18H15Cl2N3O2S/c19-13-9-12(10-14(20)11-13)17-22-23-18(25-17)21-16(24)7-4-8-26-15-5-2-1-3-6-15/h1-3,5-6,9-11H,4,7-8H2,(H,21,23,24). The van der Waals surface area contributed by atoms with Crippen molar-refractivity contribution >= 4 is 46.9 Å². The highest BCUT2D eigenvalue weighted by Gasteiger charge is 2.12. The maximum atomic E-state index is 12.0. The largest absolute Gasteiger partial charge is 0.403 e. The molecule has 0 aliphatic rings. The van der Waals surface area contributed by atoms with E-state index in [0.717, 1.165) is 12.2 Å². The van der Waals surface area contributed by atoms with Crippen molar-refractivity contribution in [3.8, 4) is 11.5 Å². The summed E-state index contributed by atoms with van der Waals surface area (Å²) in [5, 5.41) is 11.3. The van der Waals surface area contributed by atoms with Gasteiger partial charge in [0.2, 0.25) is 11.8 Å². The van der Waals surface area contributed by atoms with E-state index in [-0.39, 0.29) is 17.8 Å². The van der Waals surface area contributed by atoms with E-state index in [0.29, 0.717) is 22.0 Å². The van der Waals surface area contributed by atoms with Crippen molar-refractivity contribution in [2.75, 3.05) is 11.1 Å². The number of rotatable bonds is 7. The number of benzene rings is 2. The van der Waals surface area contributed by atoms with Crippen LogP contribution in [0, 0.1) is 0 Å². The predicted octanol–water partition coefficient (Wildman–Crippen LogP) is 5.55. The molecule has 2 aromatic carbocycles. The zero-order valence-electron chi connectivity index (χ0n) is 13.6. The van der Waals surface area contributed by atoms with Gasteiger partial charge in [-0.2, -0.15) is 0 Å². The normalized spacial score (nSPS) is 10.7. The second-order valence-corrected chi connectivity index (χ2v) is 7.42. The van der Waals surface area contributed by atoms with E-state index in [1.54, 1.807) is 30.0 Å². The van der Waals surface area contributed by atoms with Crippen LogP contribution in [0.2, 0.25) is 10.0 Å². The Bertz CT molecular complexity index is 867. The lowest BCUT2D eigenvalue weighted by Crippen LogP contribution is -2.11. The summed E-state index contributed by atoms with van der Waals surface area (Å²) in [7, 11) is 0. The van der Waals surface area contributed by atoms with Gasteiger partial charge in [0.25, 0.3) is 0 Å². The molecule has 0 aliphatic heterocycles. The number of nitrogens with one attached hydrogen (secondary N) is 1. The van der Waals surface area contributed by atoms with Crippen molar-refractivity contribution in [1.29, 1.82) is 0 Å².